The smallest absolute Gasteiger partial charge is 0.314 e. The minimum atomic E-state index is -0.857. The first-order chi connectivity index (χ1) is 11.6. The molecule has 2 heterocycles. The van der Waals surface area contributed by atoms with Crippen molar-refractivity contribution < 1.29 is 14.7 Å². The lowest BCUT2D eigenvalue weighted by Crippen LogP contribution is -2.44. The highest BCUT2D eigenvalue weighted by Gasteiger charge is 2.26. The van der Waals surface area contributed by atoms with Crippen molar-refractivity contribution in [2.24, 2.45) is 0 Å². The van der Waals surface area contributed by atoms with E-state index in [0.717, 1.165) is 31.0 Å². The van der Waals surface area contributed by atoms with E-state index in [9.17, 15) is 9.59 Å². The van der Waals surface area contributed by atoms with Gasteiger partial charge in [-0.05, 0) is 19.3 Å². The third kappa shape index (κ3) is 5.25. The molecule has 1 aromatic heterocycles. The molecule has 1 aliphatic heterocycles. The van der Waals surface area contributed by atoms with Crippen LogP contribution in [0.15, 0.2) is 12.4 Å². The van der Waals surface area contributed by atoms with Crippen LogP contribution in [0.25, 0.3) is 0 Å². The average molecular weight is 336 g/mol. The van der Waals surface area contributed by atoms with Crippen molar-refractivity contribution in [2.75, 3.05) is 36.9 Å². The highest BCUT2D eigenvalue weighted by Crippen LogP contribution is 2.24. The molecular weight excluding hydrogens is 312 g/mol. The first-order valence-electron chi connectivity index (χ1n) is 8.10. The molecule has 0 spiro atoms. The minimum Gasteiger partial charge on any atom is -0.481 e. The molecule has 0 radical (unpaired) electrons. The van der Waals surface area contributed by atoms with E-state index in [-0.39, 0.29) is 18.5 Å². The van der Waals surface area contributed by atoms with Crippen LogP contribution in [0.5, 0.6) is 0 Å². The van der Waals surface area contributed by atoms with E-state index in [1.54, 1.807) is 0 Å². The van der Waals surface area contributed by atoms with Crippen LogP contribution in [-0.2, 0) is 4.79 Å². The van der Waals surface area contributed by atoms with Crippen LogP contribution in [-0.4, -0.2) is 59.8 Å². The zero-order valence-corrected chi connectivity index (χ0v) is 13.8. The van der Waals surface area contributed by atoms with E-state index in [1.807, 2.05) is 13.1 Å². The summed E-state index contributed by atoms with van der Waals surface area (Å²) in [7, 11) is 1.81. The zero-order valence-electron chi connectivity index (χ0n) is 13.8. The predicted molar refractivity (Wildman–Crippen MR) is 90.2 cm³/mol. The normalized spacial score (nSPS) is 16.7. The second-order valence-electron chi connectivity index (χ2n) is 5.63. The molecule has 1 aliphatic rings. The topological polar surface area (TPSA) is 119 Å². The summed E-state index contributed by atoms with van der Waals surface area (Å²) in [5.41, 5.74) is 0. The third-order valence-electron chi connectivity index (χ3n) is 3.93. The molecule has 2 rings (SSSR count). The van der Waals surface area contributed by atoms with Crippen LogP contribution in [0, 0.1) is 0 Å². The lowest BCUT2D eigenvalue weighted by atomic mass is 10.2. The Labute approximate surface area is 140 Å². The molecule has 1 saturated heterocycles. The molecule has 1 atom stereocenters. The standard InChI is InChI=1S/C15H24N6O3/c1-16-12-8-13(20-10-19-12)21-7-3-4-11(21)9-18-15(24)17-6-2-5-14(22)23/h8,10-11H,2-7,9H2,1H3,(H,22,23)(H,16,19,20)(H2,17,18,24). The number of urea groups is 1. The molecule has 0 aliphatic carbocycles. The number of carboxylic acid groups (broad SMARTS) is 1. The molecular formula is C15H24N6O3. The van der Waals surface area contributed by atoms with E-state index in [1.165, 1.54) is 6.33 Å². The van der Waals surface area contributed by atoms with Gasteiger partial charge >= 0.3 is 12.0 Å². The van der Waals surface area contributed by atoms with Gasteiger partial charge in [0.1, 0.15) is 18.0 Å². The minimum absolute atomic E-state index is 0.0538. The highest BCUT2D eigenvalue weighted by atomic mass is 16.4. The first kappa shape index (κ1) is 17.8. The second kappa shape index (κ2) is 8.90. The Morgan fingerprint density at radius 1 is 1.38 bits per heavy atom. The Balaban J connectivity index is 1.78. The molecule has 0 saturated carbocycles. The third-order valence-corrected chi connectivity index (χ3v) is 3.93. The SMILES string of the molecule is CNc1cc(N2CCCC2CNC(=O)NCCCC(=O)O)ncn1. The number of rotatable bonds is 8. The van der Waals surface area contributed by atoms with Crippen molar-refractivity contribution in [3.63, 3.8) is 0 Å². The number of carbonyl (C=O) groups is 2. The van der Waals surface area contributed by atoms with Crippen LogP contribution < -0.4 is 20.9 Å². The van der Waals surface area contributed by atoms with Gasteiger partial charge in [0.05, 0.1) is 0 Å². The van der Waals surface area contributed by atoms with Crippen molar-refractivity contribution >= 4 is 23.6 Å². The molecule has 0 bridgehead atoms. The van der Waals surface area contributed by atoms with Crippen LogP contribution in [0.4, 0.5) is 16.4 Å². The number of hydrogen-bond donors (Lipinski definition) is 4. The van der Waals surface area contributed by atoms with Crippen LogP contribution in [0.1, 0.15) is 25.7 Å². The molecule has 1 aromatic rings. The highest BCUT2D eigenvalue weighted by molar-refractivity contribution is 5.74. The number of carboxylic acids is 1. The molecule has 9 heteroatoms. The van der Waals surface area contributed by atoms with Gasteiger partial charge in [0.25, 0.3) is 0 Å². The molecule has 1 unspecified atom stereocenters. The summed E-state index contributed by atoms with van der Waals surface area (Å²) in [5, 5.41) is 17.1. The second-order valence-corrected chi connectivity index (χ2v) is 5.63. The number of anilines is 2. The van der Waals surface area contributed by atoms with Gasteiger partial charge in [-0.1, -0.05) is 0 Å². The Hall–Kier alpha value is -2.58. The maximum absolute atomic E-state index is 11.8. The Kier molecular flexibility index (Phi) is 6.59. The van der Waals surface area contributed by atoms with Crippen LogP contribution >= 0.6 is 0 Å². The first-order valence-corrected chi connectivity index (χ1v) is 8.10. The van der Waals surface area contributed by atoms with E-state index in [4.69, 9.17) is 5.11 Å². The molecule has 2 amide bonds. The van der Waals surface area contributed by atoms with Gasteiger partial charge in [0.2, 0.25) is 0 Å². The van der Waals surface area contributed by atoms with Gasteiger partial charge < -0.3 is 26.0 Å². The molecule has 0 aromatic carbocycles. The summed E-state index contributed by atoms with van der Waals surface area (Å²) < 4.78 is 0. The van der Waals surface area contributed by atoms with E-state index < -0.39 is 5.97 Å². The van der Waals surface area contributed by atoms with E-state index >= 15 is 0 Å². The van der Waals surface area contributed by atoms with Crippen molar-refractivity contribution in [3.8, 4) is 0 Å². The molecule has 132 valence electrons. The van der Waals surface area contributed by atoms with E-state index in [2.05, 4.69) is 30.8 Å². The molecule has 4 N–H and O–H groups in total. The Morgan fingerprint density at radius 2 is 2.21 bits per heavy atom. The number of aromatic nitrogens is 2. The van der Waals surface area contributed by atoms with Crippen LogP contribution in [0.3, 0.4) is 0 Å². The Morgan fingerprint density at radius 3 is 2.96 bits per heavy atom. The summed E-state index contributed by atoms with van der Waals surface area (Å²) in [5.74, 6) is 0.750. The summed E-state index contributed by atoms with van der Waals surface area (Å²) in [4.78, 5) is 32.8. The number of nitrogens with zero attached hydrogens (tertiary/aromatic N) is 3. The van der Waals surface area contributed by atoms with Crippen molar-refractivity contribution in [1.82, 2.24) is 20.6 Å². The van der Waals surface area contributed by atoms with Gasteiger partial charge in [-0.3, -0.25) is 4.79 Å². The predicted octanol–water partition coefficient (Wildman–Crippen LogP) is 0.651. The molecule has 9 nitrogen and oxygen atoms in total. The largest absolute Gasteiger partial charge is 0.481 e. The number of carbonyl (C=O) groups excluding carboxylic acids is 1. The van der Waals surface area contributed by atoms with Crippen molar-refractivity contribution in [3.05, 3.63) is 12.4 Å². The van der Waals surface area contributed by atoms with Gasteiger partial charge in [-0.15, -0.1) is 0 Å². The molecule has 1 fully saturated rings. The fraction of sp³-hybridized carbons (Fsp3) is 0.600. The van der Waals surface area contributed by atoms with Crippen molar-refractivity contribution in [1.29, 1.82) is 0 Å². The number of nitrogens with one attached hydrogen (secondary N) is 3. The summed E-state index contributed by atoms with van der Waals surface area (Å²) >= 11 is 0. The molecule has 24 heavy (non-hydrogen) atoms. The monoisotopic (exact) mass is 336 g/mol. The van der Waals surface area contributed by atoms with Gasteiger partial charge in [0, 0.05) is 45.2 Å². The summed E-state index contributed by atoms with van der Waals surface area (Å²) in [6.45, 7) is 1.76. The maximum Gasteiger partial charge on any atom is 0.314 e. The summed E-state index contributed by atoms with van der Waals surface area (Å²) in [6.07, 6.45) is 4.03. The quantitative estimate of drug-likeness (QED) is 0.515. The number of amides is 2. The zero-order chi connectivity index (χ0) is 17.4. The average Bonchev–Trinajstić information content (AvgIpc) is 3.05. The van der Waals surface area contributed by atoms with E-state index in [0.29, 0.717) is 19.5 Å². The Bertz CT molecular complexity index is 568. The number of aliphatic carboxylic acids is 1. The van der Waals surface area contributed by atoms with Gasteiger partial charge in [0.15, 0.2) is 0 Å². The number of hydrogen-bond acceptors (Lipinski definition) is 6. The van der Waals surface area contributed by atoms with Gasteiger partial charge in [-0.25, -0.2) is 14.8 Å². The van der Waals surface area contributed by atoms with Crippen LogP contribution in [0.2, 0.25) is 0 Å². The lowest BCUT2D eigenvalue weighted by molar-refractivity contribution is -0.137. The van der Waals surface area contributed by atoms with Crippen molar-refractivity contribution in [2.45, 2.75) is 31.7 Å². The fourth-order valence-corrected chi connectivity index (χ4v) is 2.70. The fourth-order valence-electron chi connectivity index (χ4n) is 2.70. The maximum atomic E-state index is 11.8. The van der Waals surface area contributed by atoms with Gasteiger partial charge in [-0.2, -0.15) is 0 Å². The summed E-state index contributed by atoms with van der Waals surface area (Å²) in [6, 6.07) is 1.81. The lowest BCUT2D eigenvalue weighted by Gasteiger charge is -2.26.